The lowest BCUT2D eigenvalue weighted by atomic mass is 9.93. The highest BCUT2D eigenvalue weighted by Gasteiger charge is 2.20. The van der Waals surface area contributed by atoms with Gasteiger partial charge in [0.05, 0.1) is 23.0 Å². The van der Waals surface area contributed by atoms with Crippen LogP contribution >= 0.6 is 11.3 Å². The predicted molar refractivity (Wildman–Crippen MR) is 77.4 cm³/mol. The minimum atomic E-state index is -0.535. The second-order valence-electron chi connectivity index (χ2n) is 5.91. The number of hydrogen-bond donors (Lipinski definition) is 1. The molecule has 0 radical (unpaired) electrons. The highest BCUT2D eigenvalue weighted by Crippen LogP contribution is 2.27. The number of nitrogens with zero attached hydrogens (tertiary/aromatic N) is 3. The third-order valence-electron chi connectivity index (χ3n) is 3.32. The van der Waals surface area contributed by atoms with E-state index in [2.05, 4.69) is 36.2 Å². The molecular weight excluding hydrogens is 258 g/mol. The molecule has 104 valence electrons. The molecule has 0 aromatic carbocycles. The monoisotopic (exact) mass is 279 g/mol. The Labute approximate surface area is 118 Å². The quantitative estimate of drug-likeness (QED) is 0.940. The lowest BCUT2D eigenvalue weighted by Crippen LogP contribution is -2.12. The summed E-state index contributed by atoms with van der Waals surface area (Å²) in [4.78, 5) is 4.61. The normalized spacial score (nSPS) is 13.8. The molecule has 2 aromatic rings. The minimum Gasteiger partial charge on any atom is -0.388 e. The van der Waals surface area contributed by atoms with E-state index in [0.29, 0.717) is 6.42 Å². The predicted octanol–water partition coefficient (Wildman–Crippen LogP) is 2.76. The minimum absolute atomic E-state index is 0.0594. The van der Waals surface area contributed by atoms with E-state index in [4.69, 9.17) is 0 Å². The summed E-state index contributed by atoms with van der Waals surface area (Å²) in [5.74, 6) is 0. The number of aryl methyl sites for hydroxylation is 1. The Hall–Kier alpha value is -1.20. The summed E-state index contributed by atoms with van der Waals surface area (Å²) in [6.45, 7) is 8.41. The summed E-state index contributed by atoms with van der Waals surface area (Å²) in [6, 6.07) is 0. The van der Waals surface area contributed by atoms with Crippen molar-refractivity contribution in [3.63, 3.8) is 0 Å². The Morgan fingerprint density at radius 1 is 1.42 bits per heavy atom. The summed E-state index contributed by atoms with van der Waals surface area (Å²) in [6.07, 6.45) is 1.75. The van der Waals surface area contributed by atoms with Crippen LogP contribution in [0.3, 0.4) is 0 Å². The maximum Gasteiger partial charge on any atom is 0.0957 e. The van der Waals surface area contributed by atoms with Crippen molar-refractivity contribution in [1.82, 2.24) is 14.8 Å². The Morgan fingerprint density at radius 3 is 2.58 bits per heavy atom. The molecule has 1 N–H and O–H groups in total. The van der Waals surface area contributed by atoms with E-state index in [0.717, 1.165) is 22.0 Å². The van der Waals surface area contributed by atoms with Gasteiger partial charge in [-0.15, -0.1) is 11.3 Å². The fraction of sp³-hybridized carbons (Fsp3) is 0.571. The molecule has 0 amide bonds. The molecule has 0 aliphatic heterocycles. The first-order chi connectivity index (χ1) is 8.79. The van der Waals surface area contributed by atoms with E-state index in [1.54, 1.807) is 22.2 Å². The van der Waals surface area contributed by atoms with Crippen LogP contribution < -0.4 is 0 Å². The number of thiazole rings is 1. The van der Waals surface area contributed by atoms with Gasteiger partial charge in [-0.3, -0.25) is 4.68 Å². The van der Waals surface area contributed by atoms with Gasteiger partial charge in [0.2, 0.25) is 0 Å². The van der Waals surface area contributed by atoms with Crippen LogP contribution in [0, 0.1) is 6.92 Å². The van der Waals surface area contributed by atoms with E-state index < -0.39 is 6.10 Å². The zero-order chi connectivity index (χ0) is 14.2. The van der Waals surface area contributed by atoms with Crippen LogP contribution in [0.2, 0.25) is 0 Å². The van der Waals surface area contributed by atoms with E-state index in [-0.39, 0.29) is 5.41 Å². The second-order valence-corrected chi connectivity index (χ2v) is 6.85. The van der Waals surface area contributed by atoms with Crippen molar-refractivity contribution >= 4 is 11.3 Å². The molecule has 0 aliphatic rings. The lowest BCUT2D eigenvalue weighted by Gasteiger charge is -2.14. The maximum atomic E-state index is 10.3. The molecular formula is C14H21N3OS. The SMILES string of the molecule is Cc1c(C(O)Cc2nc(C(C)(C)C)cs2)cnn1C. The third kappa shape index (κ3) is 3.04. The van der Waals surface area contributed by atoms with Crippen LogP contribution in [0.4, 0.5) is 0 Å². The molecule has 2 heterocycles. The van der Waals surface area contributed by atoms with Crippen molar-refractivity contribution < 1.29 is 5.11 Å². The summed E-state index contributed by atoms with van der Waals surface area (Å²) < 4.78 is 1.78. The molecule has 0 aliphatic carbocycles. The summed E-state index contributed by atoms with van der Waals surface area (Å²) in [7, 11) is 1.88. The van der Waals surface area contributed by atoms with Crippen LogP contribution in [0.15, 0.2) is 11.6 Å². The van der Waals surface area contributed by atoms with Gasteiger partial charge < -0.3 is 5.11 Å². The number of rotatable bonds is 3. The smallest absolute Gasteiger partial charge is 0.0957 e. The van der Waals surface area contributed by atoms with E-state index >= 15 is 0 Å². The number of aromatic nitrogens is 3. The Morgan fingerprint density at radius 2 is 2.11 bits per heavy atom. The molecule has 0 saturated heterocycles. The third-order valence-corrected chi connectivity index (χ3v) is 4.19. The molecule has 4 nitrogen and oxygen atoms in total. The van der Waals surface area contributed by atoms with Gasteiger partial charge in [0.1, 0.15) is 0 Å². The van der Waals surface area contributed by atoms with Crippen molar-refractivity contribution in [2.75, 3.05) is 0 Å². The van der Waals surface area contributed by atoms with E-state index in [1.165, 1.54) is 0 Å². The first-order valence-corrected chi connectivity index (χ1v) is 7.28. The molecule has 1 unspecified atom stereocenters. The summed E-state index contributed by atoms with van der Waals surface area (Å²) >= 11 is 1.61. The van der Waals surface area contributed by atoms with Crippen LogP contribution in [0.25, 0.3) is 0 Å². The van der Waals surface area contributed by atoms with Crippen LogP contribution in [0.5, 0.6) is 0 Å². The van der Waals surface area contributed by atoms with Gasteiger partial charge in [-0.2, -0.15) is 5.10 Å². The molecule has 0 spiro atoms. The van der Waals surface area contributed by atoms with Gasteiger partial charge in [0.25, 0.3) is 0 Å². The van der Waals surface area contributed by atoms with Crippen LogP contribution in [0.1, 0.15) is 48.8 Å². The number of aliphatic hydroxyl groups excluding tert-OH is 1. The van der Waals surface area contributed by atoms with Crippen LogP contribution in [-0.2, 0) is 18.9 Å². The molecule has 2 rings (SSSR count). The van der Waals surface area contributed by atoms with Gasteiger partial charge >= 0.3 is 0 Å². The van der Waals surface area contributed by atoms with Gasteiger partial charge in [-0.1, -0.05) is 20.8 Å². The van der Waals surface area contributed by atoms with Crippen molar-refractivity contribution in [3.05, 3.63) is 33.5 Å². The highest BCUT2D eigenvalue weighted by atomic mass is 32.1. The zero-order valence-electron chi connectivity index (χ0n) is 12.1. The standard InChI is InChI=1S/C14H21N3OS/c1-9-10(7-15-17(9)5)11(18)6-13-16-12(8-19-13)14(2,3)4/h7-8,11,18H,6H2,1-5H3. The Kier molecular flexibility index (Phi) is 3.78. The lowest BCUT2D eigenvalue weighted by molar-refractivity contribution is 0.177. The van der Waals surface area contributed by atoms with Gasteiger partial charge in [0.15, 0.2) is 0 Å². The van der Waals surface area contributed by atoms with Gasteiger partial charge in [-0.05, 0) is 6.92 Å². The molecule has 2 aromatic heterocycles. The fourth-order valence-corrected chi connectivity index (χ4v) is 2.93. The molecule has 0 bridgehead atoms. The first kappa shape index (κ1) is 14.2. The van der Waals surface area contributed by atoms with Gasteiger partial charge in [0, 0.05) is 35.5 Å². The molecule has 0 fully saturated rings. The van der Waals surface area contributed by atoms with Crippen molar-refractivity contribution in [3.8, 4) is 0 Å². The Bertz CT molecular complexity index is 565. The van der Waals surface area contributed by atoms with Crippen molar-refractivity contribution in [2.24, 2.45) is 7.05 Å². The Balaban J connectivity index is 2.13. The average Bonchev–Trinajstić information content (AvgIpc) is 2.87. The highest BCUT2D eigenvalue weighted by molar-refractivity contribution is 7.09. The maximum absolute atomic E-state index is 10.3. The largest absolute Gasteiger partial charge is 0.388 e. The van der Waals surface area contributed by atoms with Crippen molar-refractivity contribution in [1.29, 1.82) is 0 Å². The molecule has 0 saturated carbocycles. The number of aliphatic hydroxyl groups is 1. The topological polar surface area (TPSA) is 50.9 Å². The molecule has 19 heavy (non-hydrogen) atoms. The summed E-state index contributed by atoms with van der Waals surface area (Å²) in [5, 5.41) is 17.5. The first-order valence-electron chi connectivity index (χ1n) is 6.40. The van der Waals surface area contributed by atoms with Crippen molar-refractivity contribution in [2.45, 2.75) is 45.6 Å². The number of hydrogen-bond acceptors (Lipinski definition) is 4. The average molecular weight is 279 g/mol. The summed E-state index contributed by atoms with van der Waals surface area (Å²) in [5.41, 5.74) is 3.03. The van der Waals surface area contributed by atoms with Gasteiger partial charge in [-0.25, -0.2) is 4.98 Å². The zero-order valence-corrected chi connectivity index (χ0v) is 13.0. The molecule has 1 atom stereocenters. The van der Waals surface area contributed by atoms with E-state index in [9.17, 15) is 5.11 Å². The second kappa shape index (κ2) is 5.06. The van der Waals surface area contributed by atoms with Crippen LogP contribution in [-0.4, -0.2) is 19.9 Å². The fourth-order valence-electron chi connectivity index (χ4n) is 1.87. The molecule has 5 heteroatoms. The van der Waals surface area contributed by atoms with E-state index in [1.807, 2.05) is 14.0 Å².